The van der Waals surface area contributed by atoms with Crippen LogP contribution in [0.3, 0.4) is 0 Å². The average molecular weight is 208 g/mol. The molecule has 1 aliphatic rings. The Hall–Kier alpha value is -1.58. The molecule has 1 N–H and O–H groups in total. The zero-order valence-electron chi connectivity index (χ0n) is 8.59. The maximum Gasteiger partial charge on any atom is 0.270 e. The molecule has 0 spiro atoms. The van der Waals surface area contributed by atoms with Gasteiger partial charge in [-0.3, -0.25) is 4.79 Å². The van der Waals surface area contributed by atoms with Gasteiger partial charge in [0.1, 0.15) is 11.5 Å². The number of nitrogens with zero attached hydrogens (tertiary/aromatic N) is 1. The number of carbonyl (C=O) groups excluding carboxylic acids is 1. The number of amides is 1. The lowest BCUT2D eigenvalue weighted by molar-refractivity contribution is 0.0749. The Bertz CT molecular complexity index is 408. The second-order valence-electron chi connectivity index (χ2n) is 3.70. The van der Waals surface area contributed by atoms with Crippen LogP contribution >= 0.6 is 0 Å². The van der Waals surface area contributed by atoms with E-state index < -0.39 is 0 Å². The van der Waals surface area contributed by atoms with Crippen molar-refractivity contribution in [3.05, 3.63) is 35.4 Å². The molecule has 0 unspecified atom stereocenters. The van der Waals surface area contributed by atoms with Gasteiger partial charge in [0, 0.05) is 12.7 Å². The predicted octanol–water partition coefficient (Wildman–Crippen LogP) is 2.02. The van der Waals surface area contributed by atoms with Crippen LogP contribution in [0.25, 0.3) is 0 Å². The van der Waals surface area contributed by atoms with Crippen LogP contribution in [-0.2, 0) is 0 Å². The minimum Gasteiger partial charge on any atom is -0.357 e. The van der Waals surface area contributed by atoms with Crippen LogP contribution in [-0.4, -0.2) is 28.9 Å². The summed E-state index contributed by atoms with van der Waals surface area (Å²) in [7, 11) is 0. The van der Waals surface area contributed by atoms with Crippen LogP contribution in [0.1, 0.15) is 22.5 Å². The molecule has 1 aromatic rings. The molecule has 15 heavy (non-hydrogen) atoms. The maximum atomic E-state index is 13.0. The largest absolute Gasteiger partial charge is 0.357 e. The van der Waals surface area contributed by atoms with Gasteiger partial charge in [-0.05, 0) is 31.1 Å². The van der Waals surface area contributed by atoms with Gasteiger partial charge in [0.15, 0.2) is 0 Å². The van der Waals surface area contributed by atoms with E-state index in [4.69, 9.17) is 0 Å². The number of hydrogen-bond acceptors (Lipinski definition) is 1. The second kappa shape index (κ2) is 3.88. The van der Waals surface area contributed by atoms with Gasteiger partial charge < -0.3 is 9.88 Å². The minimum absolute atomic E-state index is 0.0945. The molecule has 4 heteroatoms. The van der Waals surface area contributed by atoms with Gasteiger partial charge in [0.05, 0.1) is 6.54 Å². The van der Waals surface area contributed by atoms with E-state index in [-0.39, 0.29) is 18.3 Å². The van der Waals surface area contributed by atoms with Crippen molar-refractivity contribution in [2.45, 2.75) is 13.3 Å². The van der Waals surface area contributed by atoms with Crippen molar-refractivity contribution >= 4 is 5.91 Å². The highest BCUT2D eigenvalue weighted by Gasteiger charge is 2.21. The summed E-state index contributed by atoms with van der Waals surface area (Å²) in [5, 5.41) is 0. The SMILES string of the molecule is Cc1cc[nH]c1C(=O)N1CCC=C(F)C1. The van der Waals surface area contributed by atoms with Crippen molar-refractivity contribution in [1.29, 1.82) is 0 Å². The first-order valence-corrected chi connectivity index (χ1v) is 4.96. The van der Waals surface area contributed by atoms with Crippen LogP contribution < -0.4 is 0 Å². The number of aromatic nitrogens is 1. The smallest absolute Gasteiger partial charge is 0.270 e. The summed E-state index contributed by atoms with van der Waals surface area (Å²) in [4.78, 5) is 16.3. The fourth-order valence-electron chi connectivity index (χ4n) is 1.71. The lowest BCUT2D eigenvalue weighted by Crippen LogP contribution is -2.35. The number of H-pyrrole nitrogens is 1. The molecule has 2 rings (SSSR count). The molecular weight excluding hydrogens is 195 g/mol. The molecule has 0 fully saturated rings. The number of aryl methyl sites for hydroxylation is 1. The van der Waals surface area contributed by atoms with Gasteiger partial charge in [0.2, 0.25) is 0 Å². The summed E-state index contributed by atoms with van der Waals surface area (Å²) in [5.74, 6) is -0.348. The molecule has 0 aliphatic carbocycles. The van der Waals surface area contributed by atoms with E-state index in [0.717, 1.165) is 5.56 Å². The van der Waals surface area contributed by atoms with Gasteiger partial charge in [-0.2, -0.15) is 0 Å². The Kier molecular flexibility index (Phi) is 2.58. The first-order chi connectivity index (χ1) is 7.18. The number of halogens is 1. The van der Waals surface area contributed by atoms with Crippen LogP contribution in [0.15, 0.2) is 24.2 Å². The number of aromatic amines is 1. The number of rotatable bonds is 1. The quantitative estimate of drug-likeness (QED) is 0.753. The second-order valence-corrected chi connectivity index (χ2v) is 3.70. The third-order valence-corrected chi connectivity index (χ3v) is 2.56. The molecule has 0 atom stereocenters. The zero-order chi connectivity index (χ0) is 10.8. The molecule has 0 radical (unpaired) electrons. The normalized spacial score (nSPS) is 16.4. The Morgan fingerprint density at radius 1 is 1.60 bits per heavy atom. The Balaban J connectivity index is 2.16. The van der Waals surface area contributed by atoms with Gasteiger partial charge in [0.25, 0.3) is 5.91 Å². The molecule has 1 aromatic heterocycles. The van der Waals surface area contributed by atoms with Crippen molar-refractivity contribution in [1.82, 2.24) is 9.88 Å². The standard InChI is InChI=1S/C11H13FN2O/c1-8-4-5-13-10(8)11(15)14-6-2-3-9(12)7-14/h3-5,13H,2,6-7H2,1H3. The monoisotopic (exact) mass is 208 g/mol. The molecule has 0 saturated heterocycles. The lowest BCUT2D eigenvalue weighted by atomic mass is 10.2. The van der Waals surface area contributed by atoms with E-state index in [1.165, 1.54) is 11.0 Å². The third kappa shape index (κ3) is 1.93. The third-order valence-electron chi connectivity index (χ3n) is 2.56. The highest BCUT2D eigenvalue weighted by atomic mass is 19.1. The summed E-state index contributed by atoms with van der Waals surface area (Å²) in [5.41, 5.74) is 1.46. The van der Waals surface area contributed by atoms with E-state index in [9.17, 15) is 9.18 Å². The summed E-state index contributed by atoms with van der Waals surface area (Å²) in [6.45, 7) is 2.54. The van der Waals surface area contributed by atoms with E-state index in [2.05, 4.69) is 4.98 Å². The van der Waals surface area contributed by atoms with Crippen molar-refractivity contribution in [3.8, 4) is 0 Å². The first-order valence-electron chi connectivity index (χ1n) is 4.96. The summed E-state index contributed by atoms with van der Waals surface area (Å²) < 4.78 is 13.0. The van der Waals surface area contributed by atoms with Crippen molar-refractivity contribution in [3.63, 3.8) is 0 Å². The molecule has 2 heterocycles. The Morgan fingerprint density at radius 3 is 3.00 bits per heavy atom. The maximum absolute atomic E-state index is 13.0. The van der Waals surface area contributed by atoms with Crippen molar-refractivity contribution in [2.24, 2.45) is 0 Å². The van der Waals surface area contributed by atoms with Crippen LogP contribution in [0, 0.1) is 6.92 Å². The topological polar surface area (TPSA) is 36.1 Å². The van der Waals surface area contributed by atoms with E-state index in [1.54, 1.807) is 6.20 Å². The van der Waals surface area contributed by atoms with Gasteiger partial charge >= 0.3 is 0 Å². The molecule has 0 bridgehead atoms. The lowest BCUT2D eigenvalue weighted by Gasteiger charge is -2.24. The molecule has 0 aromatic carbocycles. The van der Waals surface area contributed by atoms with E-state index >= 15 is 0 Å². The molecule has 1 aliphatic heterocycles. The van der Waals surface area contributed by atoms with Crippen LogP contribution in [0.5, 0.6) is 0 Å². The summed E-state index contributed by atoms with van der Waals surface area (Å²) in [6, 6.07) is 1.84. The minimum atomic E-state index is -0.223. The van der Waals surface area contributed by atoms with Crippen molar-refractivity contribution < 1.29 is 9.18 Å². The Labute approximate surface area is 87.6 Å². The molecule has 3 nitrogen and oxygen atoms in total. The van der Waals surface area contributed by atoms with E-state index in [1.807, 2.05) is 13.0 Å². The van der Waals surface area contributed by atoms with Crippen LogP contribution in [0.2, 0.25) is 0 Å². The summed E-state index contributed by atoms with van der Waals surface area (Å²) >= 11 is 0. The predicted molar refractivity (Wildman–Crippen MR) is 55.2 cm³/mol. The molecule has 1 amide bonds. The molecule has 0 saturated carbocycles. The summed E-state index contributed by atoms with van der Waals surface area (Å²) in [6.07, 6.45) is 3.85. The van der Waals surface area contributed by atoms with Gasteiger partial charge in [-0.1, -0.05) is 0 Å². The average Bonchev–Trinajstić information content (AvgIpc) is 2.63. The number of nitrogens with one attached hydrogen (secondary N) is 1. The molecular formula is C11H13FN2O. The van der Waals surface area contributed by atoms with E-state index in [0.29, 0.717) is 18.7 Å². The van der Waals surface area contributed by atoms with Crippen molar-refractivity contribution in [2.75, 3.05) is 13.1 Å². The Morgan fingerprint density at radius 2 is 2.40 bits per heavy atom. The fourth-order valence-corrected chi connectivity index (χ4v) is 1.71. The van der Waals surface area contributed by atoms with Gasteiger partial charge in [-0.15, -0.1) is 0 Å². The number of hydrogen-bond donors (Lipinski definition) is 1. The zero-order valence-corrected chi connectivity index (χ0v) is 8.59. The first kappa shape index (κ1) is 9.96. The number of carbonyl (C=O) groups is 1. The highest BCUT2D eigenvalue weighted by molar-refractivity contribution is 5.94. The fraction of sp³-hybridized carbons (Fsp3) is 0.364. The molecule has 80 valence electrons. The highest BCUT2D eigenvalue weighted by Crippen LogP contribution is 2.15. The van der Waals surface area contributed by atoms with Gasteiger partial charge in [-0.25, -0.2) is 4.39 Å². The van der Waals surface area contributed by atoms with Crippen LogP contribution in [0.4, 0.5) is 4.39 Å².